The maximum absolute atomic E-state index is 12.6. The van der Waals surface area contributed by atoms with Gasteiger partial charge < -0.3 is 25.2 Å². The molecule has 1 aliphatic rings. The van der Waals surface area contributed by atoms with Crippen LogP contribution in [0.1, 0.15) is 6.92 Å². The summed E-state index contributed by atoms with van der Waals surface area (Å²) < 4.78 is 5.58. The van der Waals surface area contributed by atoms with Crippen molar-refractivity contribution >= 4 is 45.7 Å². The zero-order valence-corrected chi connectivity index (χ0v) is 23.8. The van der Waals surface area contributed by atoms with Gasteiger partial charge in [0.25, 0.3) is 0 Å². The molecule has 2 N–H and O–H groups in total. The first-order valence-electron chi connectivity index (χ1n) is 13.9. The lowest BCUT2D eigenvalue weighted by atomic mass is 10.1. The molecule has 5 aromatic rings. The van der Waals surface area contributed by atoms with Crippen molar-refractivity contribution in [3.63, 3.8) is 0 Å². The first-order valence-corrected chi connectivity index (χ1v) is 13.9. The number of urea groups is 1. The van der Waals surface area contributed by atoms with Crippen molar-refractivity contribution in [2.24, 2.45) is 0 Å². The first-order chi connectivity index (χ1) is 20.9. The van der Waals surface area contributed by atoms with Crippen LogP contribution in [0.4, 0.5) is 27.7 Å². The topological polar surface area (TPSA) is 125 Å². The molecule has 1 fully saturated rings. The van der Waals surface area contributed by atoms with E-state index in [-0.39, 0.29) is 11.9 Å². The minimum atomic E-state index is -0.380. The van der Waals surface area contributed by atoms with Crippen molar-refractivity contribution in [2.75, 3.05) is 53.8 Å². The Hall–Kier alpha value is -5.42. The highest BCUT2D eigenvalue weighted by Crippen LogP contribution is 2.31. The molecule has 0 bridgehead atoms. The molecule has 43 heavy (non-hydrogen) atoms. The highest BCUT2D eigenvalue weighted by molar-refractivity contribution is 6.00. The normalized spacial score (nSPS) is 13.0. The van der Waals surface area contributed by atoms with Gasteiger partial charge in [0.05, 0.1) is 18.7 Å². The first kappa shape index (κ1) is 27.7. The Kier molecular flexibility index (Phi) is 7.88. The maximum Gasteiger partial charge on any atom is 0.323 e. The third kappa shape index (κ3) is 6.26. The molecule has 216 valence electrons. The number of fused-ring (bicyclic) bond motifs is 1. The lowest BCUT2D eigenvalue weighted by Crippen LogP contribution is -2.37. The van der Waals surface area contributed by atoms with Crippen LogP contribution < -0.4 is 20.4 Å². The van der Waals surface area contributed by atoms with Crippen molar-refractivity contribution < 1.29 is 14.3 Å². The number of hydrogen-bond acceptors (Lipinski definition) is 8. The van der Waals surface area contributed by atoms with Gasteiger partial charge in [-0.15, -0.1) is 0 Å². The number of aromatic nitrogens is 4. The van der Waals surface area contributed by atoms with Gasteiger partial charge in [-0.2, -0.15) is 0 Å². The zero-order valence-electron chi connectivity index (χ0n) is 23.8. The maximum atomic E-state index is 12.6. The van der Waals surface area contributed by atoms with E-state index >= 15 is 0 Å². The summed E-state index contributed by atoms with van der Waals surface area (Å²) in [5, 5.41) is 6.63. The largest absolute Gasteiger partial charge is 0.378 e. The molecular weight excluding hydrogens is 544 g/mol. The Bertz CT molecular complexity index is 1760. The number of benzene rings is 3. The molecule has 0 radical (unpaired) electrons. The Morgan fingerprint density at radius 3 is 2.09 bits per heavy atom. The molecule has 0 atom stereocenters. The van der Waals surface area contributed by atoms with Crippen LogP contribution >= 0.6 is 0 Å². The summed E-state index contributed by atoms with van der Waals surface area (Å²) in [4.78, 5) is 46.2. The van der Waals surface area contributed by atoms with Gasteiger partial charge >= 0.3 is 6.03 Å². The van der Waals surface area contributed by atoms with Gasteiger partial charge in [-0.25, -0.2) is 24.7 Å². The zero-order chi connectivity index (χ0) is 29.8. The molecular formula is C32H30N8O3. The van der Waals surface area contributed by atoms with Crippen LogP contribution in [0.25, 0.3) is 33.4 Å². The summed E-state index contributed by atoms with van der Waals surface area (Å²) in [6.45, 7) is 4.27. The van der Waals surface area contributed by atoms with Crippen molar-refractivity contribution in [3.05, 3.63) is 85.5 Å². The molecule has 3 amide bonds. The fourth-order valence-electron chi connectivity index (χ4n) is 4.83. The van der Waals surface area contributed by atoms with Crippen LogP contribution in [-0.2, 0) is 9.53 Å². The van der Waals surface area contributed by atoms with Gasteiger partial charge in [0.1, 0.15) is 12.1 Å². The van der Waals surface area contributed by atoms with Crippen molar-refractivity contribution in [2.45, 2.75) is 6.92 Å². The fraction of sp³-hybridized carbons (Fsp3) is 0.188. The number of nitrogens with zero attached hydrogens (tertiary/aromatic N) is 6. The summed E-state index contributed by atoms with van der Waals surface area (Å²) in [6, 6.07) is 20.2. The Balaban J connectivity index is 1.23. The van der Waals surface area contributed by atoms with Crippen LogP contribution in [-0.4, -0.2) is 65.2 Å². The van der Waals surface area contributed by atoms with Crippen molar-refractivity contribution in [1.82, 2.24) is 19.9 Å². The SMILES string of the molecule is CC(=O)N(C)c1ccc(NC(=O)Nc2ccc(-c3nc(N4CCOCC4)c4ccc(-c5cncnc5)cc4n3)cc2)cc1. The van der Waals surface area contributed by atoms with E-state index in [1.165, 1.54) is 18.2 Å². The van der Waals surface area contributed by atoms with E-state index in [2.05, 4.69) is 25.5 Å². The number of hydrogen-bond donors (Lipinski definition) is 2. The highest BCUT2D eigenvalue weighted by atomic mass is 16.5. The molecule has 2 aromatic heterocycles. The third-order valence-corrected chi connectivity index (χ3v) is 7.27. The number of ether oxygens (including phenoxy) is 1. The monoisotopic (exact) mass is 574 g/mol. The predicted molar refractivity (Wildman–Crippen MR) is 167 cm³/mol. The van der Waals surface area contributed by atoms with Crippen LogP contribution in [0.15, 0.2) is 85.5 Å². The second kappa shape index (κ2) is 12.2. The van der Waals surface area contributed by atoms with Gasteiger partial charge in [0, 0.05) is 73.0 Å². The minimum absolute atomic E-state index is 0.0691. The van der Waals surface area contributed by atoms with Crippen LogP contribution in [0, 0.1) is 0 Å². The highest BCUT2D eigenvalue weighted by Gasteiger charge is 2.19. The lowest BCUT2D eigenvalue weighted by Gasteiger charge is -2.29. The Morgan fingerprint density at radius 2 is 1.44 bits per heavy atom. The average molecular weight is 575 g/mol. The average Bonchev–Trinajstić information content (AvgIpc) is 3.05. The molecule has 0 aliphatic carbocycles. The molecule has 3 heterocycles. The molecule has 6 rings (SSSR count). The number of amides is 3. The Labute approximate surface area is 248 Å². The van der Waals surface area contributed by atoms with E-state index in [9.17, 15) is 9.59 Å². The van der Waals surface area contributed by atoms with E-state index in [4.69, 9.17) is 14.7 Å². The number of anilines is 4. The summed E-state index contributed by atoms with van der Waals surface area (Å²) in [7, 11) is 1.70. The number of rotatable bonds is 6. The van der Waals surface area contributed by atoms with Crippen molar-refractivity contribution in [1.29, 1.82) is 0 Å². The van der Waals surface area contributed by atoms with Gasteiger partial charge in [0.2, 0.25) is 5.91 Å². The summed E-state index contributed by atoms with van der Waals surface area (Å²) in [5.74, 6) is 1.38. The molecule has 1 saturated heterocycles. The number of carbonyl (C=O) groups excluding carboxylic acids is 2. The summed E-state index contributed by atoms with van der Waals surface area (Å²) >= 11 is 0. The van der Waals surface area contributed by atoms with Gasteiger partial charge in [-0.05, 0) is 66.2 Å². The molecule has 0 unspecified atom stereocenters. The second-order valence-electron chi connectivity index (χ2n) is 10.1. The Morgan fingerprint density at radius 1 is 0.814 bits per heavy atom. The van der Waals surface area contributed by atoms with E-state index in [0.717, 1.165) is 52.2 Å². The number of carbonyl (C=O) groups is 2. The van der Waals surface area contributed by atoms with Crippen LogP contribution in [0.2, 0.25) is 0 Å². The molecule has 0 spiro atoms. The number of nitrogens with one attached hydrogen (secondary N) is 2. The van der Waals surface area contributed by atoms with Gasteiger partial charge in [-0.3, -0.25) is 4.79 Å². The smallest absolute Gasteiger partial charge is 0.323 e. The standard InChI is InChI=1S/C32H30N8O3/c1-21(41)39(2)27-10-8-26(9-11-27)36-32(42)35-25-6-3-22(4-7-25)30-37-29-17-23(24-18-33-20-34-19-24)5-12-28(29)31(38-30)40-13-15-43-16-14-40/h3-12,17-20H,13-16H2,1-2H3,(H2,35,36,42). The lowest BCUT2D eigenvalue weighted by molar-refractivity contribution is -0.116. The molecule has 1 aliphatic heterocycles. The van der Waals surface area contributed by atoms with E-state index in [0.29, 0.717) is 30.4 Å². The van der Waals surface area contributed by atoms with E-state index < -0.39 is 0 Å². The van der Waals surface area contributed by atoms with Gasteiger partial charge in [-0.1, -0.05) is 6.07 Å². The fourth-order valence-corrected chi connectivity index (χ4v) is 4.83. The van der Waals surface area contributed by atoms with E-state index in [1.807, 2.05) is 42.5 Å². The number of morpholine rings is 1. The molecule has 11 heteroatoms. The van der Waals surface area contributed by atoms with Crippen molar-refractivity contribution in [3.8, 4) is 22.5 Å². The molecule has 3 aromatic carbocycles. The van der Waals surface area contributed by atoms with E-state index in [1.54, 1.807) is 43.7 Å². The predicted octanol–water partition coefficient (Wildman–Crippen LogP) is 5.22. The second-order valence-corrected chi connectivity index (χ2v) is 10.1. The third-order valence-electron chi connectivity index (χ3n) is 7.27. The quantitative estimate of drug-likeness (QED) is 0.283. The van der Waals surface area contributed by atoms with Crippen LogP contribution in [0.3, 0.4) is 0 Å². The van der Waals surface area contributed by atoms with Gasteiger partial charge in [0.15, 0.2) is 5.82 Å². The summed E-state index contributed by atoms with van der Waals surface area (Å²) in [5.41, 5.74) is 5.48. The molecule has 11 nitrogen and oxygen atoms in total. The van der Waals surface area contributed by atoms with Crippen LogP contribution in [0.5, 0.6) is 0 Å². The molecule has 0 saturated carbocycles. The summed E-state index contributed by atoms with van der Waals surface area (Å²) in [6.07, 6.45) is 5.07. The minimum Gasteiger partial charge on any atom is -0.378 e.